The smallest absolute Gasteiger partial charge is 0.246 e. The highest BCUT2D eigenvalue weighted by molar-refractivity contribution is 5.95. The van der Waals surface area contributed by atoms with Gasteiger partial charge in [0.15, 0.2) is 0 Å². The number of carbonyl (C=O) groups is 6. The Morgan fingerprint density at radius 3 is 1.31 bits per heavy atom. The largest absolute Gasteiger partial charge is 0.373 e. The molecular formula is C54H78N8O8. The van der Waals surface area contributed by atoms with E-state index in [9.17, 15) is 28.8 Å². The van der Waals surface area contributed by atoms with Crippen LogP contribution in [0.3, 0.4) is 0 Å². The third-order valence-electron chi connectivity index (χ3n) is 16.4. The van der Waals surface area contributed by atoms with Crippen LogP contribution in [0.2, 0.25) is 0 Å². The van der Waals surface area contributed by atoms with Gasteiger partial charge < -0.3 is 51.2 Å². The summed E-state index contributed by atoms with van der Waals surface area (Å²) in [6, 6.07) is 11.6. The molecule has 6 N–H and O–H groups in total. The van der Waals surface area contributed by atoms with Crippen molar-refractivity contribution in [3.05, 3.63) is 70.8 Å². The van der Waals surface area contributed by atoms with Crippen molar-refractivity contribution in [3.63, 3.8) is 0 Å². The molecule has 70 heavy (non-hydrogen) atoms. The van der Waals surface area contributed by atoms with Gasteiger partial charge in [-0.3, -0.25) is 28.8 Å². The number of benzene rings is 2. The van der Waals surface area contributed by atoms with E-state index in [1.165, 1.54) is 0 Å². The van der Waals surface area contributed by atoms with Crippen LogP contribution in [0.5, 0.6) is 0 Å². The quantitative estimate of drug-likeness (QED) is 0.112. The first-order valence-electron chi connectivity index (χ1n) is 26.5. The number of hydrogen-bond acceptors (Lipinski definition) is 10. The Balaban J connectivity index is 0.898. The van der Waals surface area contributed by atoms with Crippen molar-refractivity contribution < 1.29 is 38.2 Å². The first-order valence-corrected chi connectivity index (χ1v) is 26.5. The van der Waals surface area contributed by atoms with Gasteiger partial charge in [0.05, 0.1) is 49.6 Å². The van der Waals surface area contributed by atoms with Gasteiger partial charge in [0, 0.05) is 25.9 Å². The lowest BCUT2D eigenvalue weighted by Gasteiger charge is -2.35. The predicted octanol–water partition coefficient (Wildman–Crippen LogP) is 3.91. The third kappa shape index (κ3) is 11.7. The van der Waals surface area contributed by atoms with Gasteiger partial charge in [-0.15, -0.1) is 0 Å². The standard InChI is InChI=1S/C54H78N8O8/c1-33(55-3)49(63)57-45(35-17-7-5-8-18-35)53(67)61-27-15-25-41(61)51(65)59-47-39-23-13-11-21-37(39)31-43(47)69-29-30-70-44-32-38-22-12-14-24-40(38)48(44)60-52(66)42-26-16-28-62(42)54(68)46(36-19-9-6-10-20-36)58-50(64)34(2)56-4/h11-14,21-24,33-36,41-48,55-56H,5-10,15-20,25-32H2,1-4H3,(H,57,63)(H,58,64)(H,59,65)(H,60,66)/t33-,34-,41-,42-,43+,44+,45-,46-,47-,48-/m0/s1. The summed E-state index contributed by atoms with van der Waals surface area (Å²) in [5.41, 5.74) is 4.15. The number of likely N-dealkylation sites (tertiary alicyclic amines) is 2. The molecule has 0 bridgehead atoms. The normalized spacial score (nSPS) is 26.4. The fourth-order valence-corrected chi connectivity index (χ4v) is 12.1. The van der Waals surface area contributed by atoms with E-state index < -0.39 is 48.3 Å². The maximum atomic E-state index is 14.4. The molecule has 2 saturated heterocycles. The predicted molar refractivity (Wildman–Crippen MR) is 265 cm³/mol. The third-order valence-corrected chi connectivity index (χ3v) is 16.4. The summed E-state index contributed by atoms with van der Waals surface area (Å²) in [7, 11) is 3.45. The van der Waals surface area contributed by atoms with Gasteiger partial charge in [-0.2, -0.15) is 0 Å². The zero-order valence-electron chi connectivity index (χ0n) is 41.8. The Hall–Kier alpha value is -4.90. The van der Waals surface area contributed by atoms with Crippen LogP contribution in [-0.2, 0) is 51.1 Å². The zero-order valence-corrected chi connectivity index (χ0v) is 41.8. The van der Waals surface area contributed by atoms with Crippen LogP contribution in [-0.4, -0.2) is 134 Å². The molecule has 2 aliphatic heterocycles. The number of carbonyl (C=O) groups excluding carboxylic acids is 6. The van der Waals surface area contributed by atoms with Crippen molar-refractivity contribution in [3.8, 4) is 0 Å². The summed E-state index contributed by atoms with van der Waals surface area (Å²) in [4.78, 5) is 87.2. The molecule has 4 fully saturated rings. The van der Waals surface area contributed by atoms with Crippen molar-refractivity contribution in [2.75, 3.05) is 40.4 Å². The fraction of sp³-hybridized carbons (Fsp3) is 0.667. The number of nitrogens with one attached hydrogen (secondary N) is 6. The van der Waals surface area contributed by atoms with Gasteiger partial charge in [-0.25, -0.2) is 0 Å². The lowest BCUT2D eigenvalue weighted by atomic mass is 9.83. The topological polar surface area (TPSA) is 200 Å². The lowest BCUT2D eigenvalue weighted by Crippen LogP contribution is -2.58. The average molecular weight is 967 g/mol. The summed E-state index contributed by atoms with van der Waals surface area (Å²) in [6.45, 7) is 4.95. The van der Waals surface area contributed by atoms with Crippen molar-refractivity contribution in [2.45, 2.75) is 177 Å². The van der Waals surface area contributed by atoms with E-state index in [2.05, 4.69) is 44.0 Å². The highest BCUT2D eigenvalue weighted by Crippen LogP contribution is 2.37. The molecule has 16 heteroatoms. The molecule has 8 rings (SSSR count). The highest BCUT2D eigenvalue weighted by Gasteiger charge is 2.45. The fourth-order valence-electron chi connectivity index (χ4n) is 12.1. The lowest BCUT2D eigenvalue weighted by molar-refractivity contribution is -0.143. The molecule has 2 aromatic carbocycles. The van der Waals surface area contributed by atoms with Crippen molar-refractivity contribution in [1.29, 1.82) is 0 Å². The van der Waals surface area contributed by atoms with E-state index in [1.807, 2.05) is 36.4 Å². The van der Waals surface area contributed by atoms with E-state index in [1.54, 1.807) is 37.7 Å². The Morgan fingerprint density at radius 2 is 0.929 bits per heavy atom. The molecule has 0 unspecified atom stereocenters. The Bertz CT molecular complexity index is 2010. The first-order chi connectivity index (χ1) is 34.0. The van der Waals surface area contributed by atoms with Crippen molar-refractivity contribution >= 4 is 35.4 Å². The molecule has 382 valence electrons. The summed E-state index contributed by atoms with van der Waals surface area (Å²) in [5, 5.41) is 18.7. The molecule has 4 aliphatic carbocycles. The van der Waals surface area contributed by atoms with Crippen LogP contribution in [0.25, 0.3) is 0 Å². The van der Waals surface area contributed by atoms with Gasteiger partial charge in [-0.1, -0.05) is 87.1 Å². The van der Waals surface area contributed by atoms with Crippen LogP contribution >= 0.6 is 0 Å². The van der Waals surface area contributed by atoms with Crippen molar-refractivity contribution in [2.24, 2.45) is 11.8 Å². The van der Waals surface area contributed by atoms with E-state index >= 15 is 0 Å². The van der Waals surface area contributed by atoms with Crippen LogP contribution in [0.1, 0.15) is 138 Å². The molecule has 0 radical (unpaired) electrons. The van der Waals surface area contributed by atoms with Gasteiger partial charge >= 0.3 is 0 Å². The van der Waals surface area contributed by atoms with Gasteiger partial charge in [0.2, 0.25) is 35.4 Å². The van der Waals surface area contributed by atoms with E-state index in [0.29, 0.717) is 51.6 Å². The van der Waals surface area contributed by atoms with Gasteiger partial charge in [-0.05, 0) is 113 Å². The molecule has 0 aromatic heterocycles. The summed E-state index contributed by atoms with van der Waals surface area (Å²) >= 11 is 0. The minimum Gasteiger partial charge on any atom is -0.373 e. The average Bonchev–Trinajstić information content (AvgIpc) is 4.22. The van der Waals surface area contributed by atoms with E-state index in [0.717, 1.165) is 86.5 Å². The minimum atomic E-state index is -0.681. The van der Waals surface area contributed by atoms with Gasteiger partial charge in [0.25, 0.3) is 0 Å². The number of ether oxygens (including phenoxy) is 2. The molecule has 2 saturated carbocycles. The maximum Gasteiger partial charge on any atom is 0.246 e. The molecule has 6 amide bonds. The number of hydrogen-bond donors (Lipinski definition) is 6. The number of amides is 6. The molecule has 2 aromatic rings. The number of rotatable bonds is 19. The Labute approximate surface area is 414 Å². The molecule has 16 nitrogen and oxygen atoms in total. The first kappa shape index (κ1) is 51.5. The zero-order chi connectivity index (χ0) is 49.3. The summed E-state index contributed by atoms with van der Waals surface area (Å²) in [5.74, 6) is -1.20. The SMILES string of the molecule is CN[C@@H](C)C(=O)N[C@H](C(=O)N1CCC[C@H]1C(=O)N[C@H]1c2ccccc2C[C@H]1OCCO[C@@H]1Cc2ccccc2[C@@H]1NC(=O)[C@@H]1CCCN1C(=O)[C@@H](NC(=O)[C@H](C)NC)C1CCCCC1)C1CCCCC1. The van der Waals surface area contributed by atoms with Crippen LogP contribution in [0, 0.1) is 11.8 Å². The van der Waals surface area contributed by atoms with E-state index in [4.69, 9.17) is 9.47 Å². The van der Waals surface area contributed by atoms with Crippen LogP contribution in [0.4, 0.5) is 0 Å². The van der Waals surface area contributed by atoms with Crippen LogP contribution in [0.15, 0.2) is 48.5 Å². The van der Waals surface area contributed by atoms with Crippen molar-refractivity contribution in [1.82, 2.24) is 41.7 Å². The molecule has 10 atom stereocenters. The second kappa shape index (κ2) is 24.0. The molecular weight excluding hydrogens is 889 g/mol. The second-order valence-electron chi connectivity index (χ2n) is 20.8. The van der Waals surface area contributed by atoms with Gasteiger partial charge in [0.1, 0.15) is 24.2 Å². The monoisotopic (exact) mass is 967 g/mol. The number of fused-ring (bicyclic) bond motifs is 2. The van der Waals surface area contributed by atoms with E-state index in [-0.39, 0.29) is 72.7 Å². The molecule has 0 spiro atoms. The minimum absolute atomic E-state index is 0.0245. The highest BCUT2D eigenvalue weighted by atomic mass is 16.5. The second-order valence-corrected chi connectivity index (χ2v) is 20.8. The number of nitrogens with zero attached hydrogens (tertiary/aromatic N) is 2. The summed E-state index contributed by atoms with van der Waals surface area (Å²) in [6.07, 6.45) is 12.6. The Morgan fingerprint density at radius 1 is 0.543 bits per heavy atom. The van der Waals surface area contributed by atoms with Crippen LogP contribution < -0.4 is 31.9 Å². The Kier molecular flexibility index (Phi) is 17.6. The maximum absolute atomic E-state index is 14.4. The summed E-state index contributed by atoms with van der Waals surface area (Å²) < 4.78 is 13.2. The molecule has 6 aliphatic rings. The number of likely N-dealkylation sites (N-methyl/N-ethyl adjacent to an activating group) is 2. The molecule has 2 heterocycles.